The molecule has 2 atom stereocenters. The summed E-state index contributed by atoms with van der Waals surface area (Å²) in [7, 11) is 0. The van der Waals surface area contributed by atoms with Crippen molar-refractivity contribution in [2.45, 2.75) is 13.8 Å². The van der Waals surface area contributed by atoms with Crippen molar-refractivity contribution in [1.82, 2.24) is 0 Å². The summed E-state index contributed by atoms with van der Waals surface area (Å²) in [4.78, 5) is 21.7. The molecule has 1 aliphatic carbocycles. The number of carboxylic acids is 1. The molecule has 0 spiro atoms. The minimum absolute atomic E-state index is 0.0251. The zero-order chi connectivity index (χ0) is 10.5. The van der Waals surface area contributed by atoms with E-state index in [0.29, 0.717) is 12.2 Å². The number of hydrogen-bond acceptors (Lipinski definition) is 3. The average Bonchev–Trinajstić information content (AvgIpc) is 2.61. The van der Waals surface area contributed by atoms with Gasteiger partial charge in [-0.2, -0.15) is 0 Å². The Hall–Kier alpha value is -1.32. The fourth-order valence-electron chi connectivity index (χ4n) is 2.01. The number of cyclic esters (lactones) is 1. The van der Waals surface area contributed by atoms with Crippen LogP contribution in [0.4, 0.5) is 0 Å². The van der Waals surface area contributed by atoms with Gasteiger partial charge >= 0.3 is 11.9 Å². The van der Waals surface area contributed by atoms with Crippen LogP contribution in [0.15, 0.2) is 11.6 Å². The Bertz CT molecular complexity index is 340. The molecule has 2 rings (SSSR count). The zero-order valence-electron chi connectivity index (χ0n) is 8.11. The van der Waals surface area contributed by atoms with Gasteiger partial charge in [-0.15, -0.1) is 0 Å². The Morgan fingerprint density at radius 3 is 2.57 bits per heavy atom. The summed E-state index contributed by atoms with van der Waals surface area (Å²) in [5.74, 6) is -1.48. The lowest BCUT2D eigenvalue weighted by Gasteiger charge is -2.16. The Morgan fingerprint density at radius 2 is 2.29 bits per heavy atom. The first-order chi connectivity index (χ1) is 6.44. The van der Waals surface area contributed by atoms with Crippen LogP contribution in [0, 0.1) is 17.3 Å². The van der Waals surface area contributed by atoms with Crippen LogP contribution in [0.2, 0.25) is 0 Å². The molecule has 2 unspecified atom stereocenters. The molecule has 76 valence electrons. The van der Waals surface area contributed by atoms with Gasteiger partial charge in [0.2, 0.25) is 0 Å². The van der Waals surface area contributed by atoms with Gasteiger partial charge in [0.25, 0.3) is 0 Å². The van der Waals surface area contributed by atoms with Crippen molar-refractivity contribution < 1.29 is 19.4 Å². The summed E-state index contributed by atoms with van der Waals surface area (Å²) in [6, 6.07) is 0. The van der Waals surface area contributed by atoms with E-state index in [2.05, 4.69) is 4.74 Å². The number of esters is 1. The van der Waals surface area contributed by atoms with Gasteiger partial charge in [-0.25, -0.2) is 4.79 Å². The van der Waals surface area contributed by atoms with Crippen LogP contribution in [0.3, 0.4) is 0 Å². The predicted molar refractivity (Wildman–Crippen MR) is 47.4 cm³/mol. The summed E-state index contributed by atoms with van der Waals surface area (Å²) in [5, 5.41) is 8.88. The van der Waals surface area contributed by atoms with Crippen molar-refractivity contribution in [3.8, 4) is 0 Å². The number of allylic oxidation sites excluding steroid dienone is 1. The maximum atomic E-state index is 10.8. The molecule has 0 bridgehead atoms. The maximum Gasteiger partial charge on any atom is 0.337 e. The smallest absolute Gasteiger partial charge is 0.337 e. The first-order valence-corrected chi connectivity index (χ1v) is 4.55. The van der Waals surface area contributed by atoms with E-state index in [4.69, 9.17) is 5.11 Å². The van der Waals surface area contributed by atoms with E-state index in [0.717, 1.165) is 0 Å². The fraction of sp³-hybridized carbons (Fsp3) is 0.600. The van der Waals surface area contributed by atoms with Gasteiger partial charge in [0.15, 0.2) is 0 Å². The molecule has 0 aromatic carbocycles. The highest BCUT2D eigenvalue weighted by atomic mass is 16.6. The molecule has 4 heteroatoms. The van der Waals surface area contributed by atoms with Gasteiger partial charge in [-0.3, -0.25) is 4.79 Å². The highest BCUT2D eigenvalue weighted by molar-refractivity contribution is 5.94. The quantitative estimate of drug-likeness (QED) is 0.524. The summed E-state index contributed by atoms with van der Waals surface area (Å²) < 4.78 is 4.58. The van der Waals surface area contributed by atoms with Gasteiger partial charge in [0.05, 0.1) is 11.5 Å². The van der Waals surface area contributed by atoms with Crippen LogP contribution in [0.5, 0.6) is 0 Å². The normalized spacial score (nSPS) is 36.1. The highest BCUT2D eigenvalue weighted by Crippen LogP contribution is 2.59. The molecule has 14 heavy (non-hydrogen) atoms. The molecule has 0 amide bonds. The molecule has 0 aromatic heterocycles. The third-order valence-electron chi connectivity index (χ3n) is 3.18. The minimum atomic E-state index is -0.787. The van der Waals surface area contributed by atoms with Crippen molar-refractivity contribution in [3.63, 3.8) is 0 Å². The second-order valence-electron chi connectivity index (χ2n) is 4.43. The van der Waals surface area contributed by atoms with Gasteiger partial charge < -0.3 is 9.84 Å². The van der Waals surface area contributed by atoms with Crippen molar-refractivity contribution in [2.75, 3.05) is 6.61 Å². The average molecular weight is 196 g/mol. The second kappa shape index (κ2) is 2.59. The van der Waals surface area contributed by atoms with E-state index in [1.807, 2.05) is 13.8 Å². The molecule has 2 fully saturated rings. The first kappa shape index (κ1) is 9.24. The number of carbonyl (C=O) groups excluding carboxylic acids is 1. The van der Waals surface area contributed by atoms with Crippen molar-refractivity contribution in [2.24, 2.45) is 17.3 Å². The molecule has 1 aliphatic heterocycles. The lowest BCUT2D eigenvalue weighted by atomic mass is 10.1. The van der Waals surface area contributed by atoms with Gasteiger partial charge in [0, 0.05) is 0 Å². The van der Waals surface area contributed by atoms with Crippen molar-refractivity contribution in [3.05, 3.63) is 11.6 Å². The second-order valence-corrected chi connectivity index (χ2v) is 4.43. The minimum Gasteiger partial charge on any atom is -0.481 e. The molecule has 0 aromatic rings. The Balaban J connectivity index is 2.12. The summed E-state index contributed by atoms with van der Waals surface area (Å²) in [6.07, 6.45) is 1.75. The zero-order valence-corrected chi connectivity index (χ0v) is 8.11. The van der Waals surface area contributed by atoms with Crippen LogP contribution >= 0.6 is 0 Å². The largest absolute Gasteiger partial charge is 0.481 e. The molecule has 1 N–H and O–H groups in total. The Morgan fingerprint density at radius 1 is 1.64 bits per heavy atom. The topological polar surface area (TPSA) is 63.6 Å². The third kappa shape index (κ3) is 1.14. The van der Waals surface area contributed by atoms with Crippen LogP contribution in [-0.2, 0) is 14.3 Å². The predicted octanol–water partition coefficient (Wildman–Crippen LogP) is 0.826. The van der Waals surface area contributed by atoms with Crippen molar-refractivity contribution in [1.29, 1.82) is 0 Å². The van der Waals surface area contributed by atoms with Gasteiger partial charge in [-0.1, -0.05) is 19.9 Å². The number of hydrogen-bond donors (Lipinski definition) is 1. The summed E-state index contributed by atoms with van der Waals surface area (Å²) in [6.45, 7) is 4.13. The van der Waals surface area contributed by atoms with Crippen molar-refractivity contribution >= 4 is 11.9 Å². The van der Waals surface area contributed by atoms with Crippen LogP contribution in [0.1, 0.15) is 13.8 Å². The van der Waals surface area contributed by atoms with E-state index >= 15 is 0 Å². The summed E-state index contributed by atoms with van der Waals surface area (Å²) in [5.41, 5.74) is 0.390. The standard InChI is InChI=1S/C10H12O4/c1-10(2)6(7(10)8(11)12)3-5-4-14-9(5)13/h3,6-7H,4H2,1-2H3,(H,11,12). The number of rotatable bonds is 2. The summed E-state index contributed by atoms with van der Waals surface area (Å²) >= 11 is 0. The molecule has 1 saturated carbocycles. The van der Waals surface area contributed by atoms with Crippen LogP contribution in [0.25, 0.3) is 0 Å². The van der Waals surface area contributed by atoms with E-state index in [-0.39, 0.29) is 23.2 Å². The molecular formula is C10H12O4. The van der Waals surface area contributed by atoms with E-state index in [1.54, 1.807) is 6.08 Å². The third-order valence-corrected chi connectivity index (χ3v) is 3.18. The number of carbonyl (C=O) groups is 2. The van der Waals surface area contributed by atoms with Crippen LogP contribution < -0.4 is 0 Å². The molecule has 4 nitrogen and oxygen atoms in total. The van der Waals surface area contributed by atoms with E-state index in [9.17, 15) is 9.59 Å². The SMILES string of the molecule is CC1(C)C(C=C2COC2=O)C1C(=O)O. The molecule has 0 radical (unpaired) electrons. The fourth-order valence-corrected chi connectivity index (χ4v) is 2.01. The molecule has 2 aliphatic rings. The lowest BCUT2D eigenvalue weighted by molar-refractivity contribution is -0.147. The number of carboxylic acid groups (broad SMARTS) is 1. The molecule has 1 heterocycles. The number of aliphatic carboxylic acids is 1. The molecule has 1 saturated heterocycles. The maximum absolute atomic E-state index is 10.8. The van der Waals surface area contributed by atoms with Gasteiger partial charge in [-0.05, 0) is 11.3 Å². The van der Waals surface area contributed by atoms with E-state index in [1.165, 1.54) is 0 Å². The first-order valence-electron chi connectivity index (χ1n) is 4.55. The monoisotopic (exact) mass is 196 g/mol. The van der Waals surface area contributed by atoms with Gasteiger partial charge in [0.1, 0.15) is 6.61 Å². The number of ether oxygens (including phenoxy) is 1. The Kier molecular flexibility index (Phi) is 1.71. The van der Waals surface area contributed by atoms with Crippen LogP contribution in [-0.4, -0.2) is 23.7 Å². The Labute approximate surface area is 81.6 Å². The highest BCUT2D eigenvalue weighted by Gasteiger charge is 2.61. The lowest BCUT2D eigenvalue weighted by Crippen LogP contribution is -2.24. The molecular weight excluding hydrogens is 184 g/mol. The van der Waals surface area contributed by atoms with E-state index < -0.39 is 5.97 Å².